The number of phenolic OH excluding ortho intramolecular Hbond substituents is 1. The number of phenols is 1. The molecule has 2 saturated heterocycles. The number of carbonyl (C=O) groups is 11. The average Bonchev–Trinajstić information content (AvgIpc) is 3.78. The third-order valence-corrected chi connectivity index (χ3v) is 13.2. The Morgan fingerprint density at radius 3 is 2.03 bits per heavy atom. The van der Waals surface area contributed by atoms with Gasteiger partial charge in [-0.05, 0) is 42.9 Å². The molecule has 9 atom stereocenters. The third kappa shape index (κ3) is 17.5. The van der Waals surface area contributed by atoms with Crippen LogP contribution in [0, 0.1) is 5.92 Å². The lowest BCUT2D eigenvalue weighted by molar-refractivity contribution is -0.142. The minimum absolute atomic E-state index is 0.0121. The van der Waals surface area contributed by atoms with E-state index in [1.54, 1.807) is 13.8 Å². The van der Waals surface area contributed by atoms with Crippen LogP contribution in [0.25, 0.3) is 0 Å². The van der Waals surface area contributed by atoms with Crippen molar-refractivity contribution < 1.29 is 63.0 Å². The molecular weight excluding hydrogens is 921 g/mol. The zero-order valence-electron chi connectivity index (χ0n) is 36.9. The minimum Gasteiger partial charge on any atom is -0.508 e. The fraction of sp³-hybridized carbons (Fsp3) is 0.575. The molecule has 0 saturated carbocycles. The second-order valence-electron chi connectivity index (χ2n) is 16.0. The summed E-state index contributed by atoms with van der Waals surface area (Å²) in [5, 5.41) is 37.2. The van der Waals surface area contributed by atoms with Crippen LogP contribution >= 0.6 is 21.6 Å². The first-order valence-electron chi connectivity index (χ1n) is 21.3. The molecule has 11 amide bonds. The van der Waals surface area contributed by atoms with E-state index >= 15 is 0 Å². The van der Waals surface area contributed by atoms with Crippen LogP contribution in [0.15, 0.2) is 24.3 Å². The Hall–Kier alpha value is -6.19. The van der Waals surface area contributed by atoms with E-state index in [-0.39, 0.29) is 55.9 Å². The SMILES string of the molecule is CC[C@H](C)[C@@H]1NC(=O)[C@H](Cc2ccc(O)cc2)NC(=O)[C@@H](N)CSSC[C@@H](C(=O)N2CCC[C@H]2C(=O)N[C@@H](CCC(N)=O)C(=O)NCC(N)=O)NC(=O)[C@H](CC(N)=O)NC(=O)C(CO)NC1=O. The Labute approximate surface area is 393 Å². The van der Waals surface area contributed by atoms with Gasteiger partial charge >= 0.3 is 0 Å². The molecule has 2 fully saturated rings. The van der Waals surface area contributed by atoms with Crippen molar-refractivity contribution in [2.45, 2.75) is 107 Å². The molecule has 0 aromatic heterocycles. The number of nitrogens with one attached hydrogen (secondary N) is 7. The number of hydrogen-bond donors (Lipinski definition) is 13. The molecular formula is C40H60N12O13S2. The number of aliphatic hydroxyl groups is 1. The van der Waals surface area contributed by atoms with Crippen molar-refractivity contribution in [2.75, 3.05) is 31.2 Å². The molecule has 2 aliphatic heterocycles. The van der Waals surface area contributed by atoms with Crippen molar-refractivity contribution >= 4 is 86.6 Å². The van der Waals surface area contributed by atoms with Gasteiger partial charge in [-0.1, -0.05) is 54.0 Å². The van der Waals surface area contributed by atoms with E-state index in [9.17, 15) is 63.0 Å². The van der Waals surface area contributed by atoms with Crippen molar-refractivity contribution in [2.24, 2.45) is 28.9 Å². The predicted octanol–water partition coefficient (Wildman–Crippen LogP) is -5.66. The van der Waals surface area contributed by atoms with E-state index in [0.717, 1.165) is 26.5 Å². The maximum Gasteiger partial charge on any atom is 0.246 e. The highest BCUT2D eigenvalue weighted by Crippen LogP contribution is 2.26. The van der Waals surface area contributed by atoms with Crippen LogP contribution in [0.3, 0.4) is 0 Å². The van der Waals surface area contributed by atoms with Crippen LogP contribution in [0.1, 0.15) is 57.9 Å². The van der Waals surface area contributed by atoms with Crippen LogP contribution in [-0.4, -0.2) is 160 Å². The van der Waals surface area contributed by atoms with E-state index in [2.05, 4.69) is 37.2 Å². The Kier molecular flexibility index (Phi) is 22.1. The fourth-order valence-electron chi connectivity index (χ4n) is 6.83. The zero-order chi connectivity index (χ0) is 50.0. The maximum absolute atomic E-state index is 14.4. The van der Waals surface area contributed by atoms with E-state index in [0.29, 0.717) is 12.0 Å². The number of aliphatic hydroxyl groups excluding tert-OH is 1. The molecule has 370 valence electrons. The third-order valence-electron chi connectivity index (χ3n) is 10.8. The lowest BCUT2D eigenvalue weighted by Gasteiger charge is -2.31. The van der Waals surface area contributed by atoms with Crippen LogP contribution in [-0.2, 0) is 59.2 Å². The Balaban J connectivity index is 2.00. The number of nitrogens with two attached hydrogens (primary N) is 4. The first kappa shape index (κ1) is 55.1. The van der Waals surface area contributed by atoms with Gasteiger partial charge in [0, 0.05) is 30.9 Å². The van der Waals surface area contributed by atoms with E-state index in [1.165, 1.54) is 24.3 Å². The van der Waals surface area contributed by atoms with Gasteiger partial charge in [-0.15, -0.1) is 0 Å². The number of carbonyl (C=O) groups excluding carboxylic acids is 11. The number of likely N-dealkylation sites (tertiary alicyclic amines) is 1. The molecule has 0 bridgehead atoms. The molecule has 1 aromatic carbocycles. The summed E-state index contributed by atoms with van der Waals surface area (Å²) in [6, 6.07) is -5.74. The molecule has 2 heterocycles. The minimum atomic E-state index is -1.78. The Bertz CT molecular complexity index is 2000. The second-order valence-corrected chi connectivity index (χ2v) is 18.5. The highest BCUT2D eigenvalue weighted by atomic mass is 33.1. The summed E-state index contributed by atoms with van der Waals surface area (Å²) in [6.45, 7) is 1.75. The molecule has 1 unspecified atom stereocenters. The second kappa shape index (κ2) is 26.8. The molecule has 1 aromatic rings. The summed E-state index contributed by atoms with van der Waals surface area (Å²) >= 11 is 0. The number of primary amides is 3. The molecule has 67 heavy (non-hydrogen) atoms. The fourth-order valence-corrected chi connectivity index (χ4v) is 9.11. The number of hydrogen-bond acceptors (Lipinski definition) is 16. The quantitative estimate of drug-likeness (QED) is 0.0687. The molecule has 0 radical (unpaired) electrons. The van der Waals surface area contributed by atoms with Crippen molar-refractivity contribution in [3.05, 3.63) is 29.8 Å². The van der Waals surface area contributed by atoms with Gasteiger partial charge in [-0.2, -0.15) is 0 Å². The highest BCUT2D eigenvalue weighted by Gasteiger charge is 2.41. The molecule has 25 nitrogen and oxygen atoms in total. The monoisotopic (exact) mass is 980 g/mol. The Morgan fingerprint density at radius 2 is 1.42 bits per heavy atom. The molecule has 17 N–H and O–H groups in total. The van der Waals surface area contributed by atoms with Crippen molar-refractivity contribution in [3.8, 4) is 5.75 Å². The average molecular weight is 981 g/mol. The lowest BCUT2D eigenvalue weighted by atomic mass is 9.96. The summed E-state index contributed by atoms with van der Waals surface area (Å²) in [5.74, 6) is -11.0. The van der Waals surface area contributed by atoms with Gasteiger partial charge in [-0.25, -0.2) is 0 Å². The number of nitrogens with zero attached hydrogens (tertiary/aromatic N) is 1. The van der Waals surface area contributed by atoms with E-state index in [1.807, 2.05) is 0 Å². The summed E-state index contributed by atoms with van der Waals surface area (Å²) in [4.78, 5) is 146. The van der Waals surface area contributed by atoms with Crippen molar-refractivity contribution in [1.29, 1.82) is 0 Å². The van der Waals surface area contributed by atoms with Crippen LogP contribution in [0.4, 0.5) is 0 Å². The molecule has 3 rings (SSSR count). The largest absolute Gasteiger partial charge is 0.508 e. The Morgan fingerprint density at radius 1 is 0.806 bits per heavy atom. The zero-order valence-corrected chi connectivity index (χ0v) is 38.6. The van der Waals surface area contributed by atoms with E-state index in [4.69, 9.17) is 22.9 Å². The standard InChI is InChI=1S/C40H60N12O13S2/c1-3-19(2)32-39(64)49-26(16-53)37(62)48-25(14-30(43)56)35(60)50-27(18-67-66-17-22(41)33(58)47-24(36(61)51-32)13-20-6-8-21(54)9-7-20)40(65)52-12-4-5-28(52)38(63)46-23(10-11-29(42)55)34(59)45-15-31(44)57/h6-9,19,22-28,32,53-54H,3-5,10-18,41H2,1-2H3,(H2,42,55)(H2,43,56)(H2,44,57)(H,45,59)(H,46,63)(H,47,58)(H,48,62)(H,49,64)(H,50,60)(H,51,61)/t19-,22-,23-,24-,25-,26?,27-,28-,32-/m0/s1. The first-order chi connectivity index (χ1) is 31.6. The van der Waals surface area contributed by atoms with Gasteiger partial charge < -0.3 is 75.3 Å². The number of rotatable bonds is 16. The molecule has 0 aliphatic carbocycles. The number of benzene rings is 1. The predicted molar refractivity (Wildman–Crippen MR) is 242 cm³/mol. The van der Waals surface area contributed by atoms with Crippen LogP contribution in [0.5, 0.6) is 5.75 Å². The van der Waals surface area contributed by atoms with Crippen LogP contribution < -0.4 is 60.2 Å². The van der Waals surface area contributed by atoms with Gasteiger partial charge in [0.2, 0.25) is 65.0 Å². The van der Waals surface area contributed by atoms with Gasteiger partial charge in [0.05, 0.1) is 25.6 Å². The smallest absolute Gasteiger partial charge is 0.246 e. The normalized spacial score (nSPS) is 24.6. The van der Waals surface area contributed by atoms with Gasteiger partial charge in [0.25, 0.3) is 0 Å². The van der Waals surface area contributed by atoms with Gasteiger partial charge in [-0.3, -0.25) is 52.7 Å². The first-order valence-corrected chi connectivity index (χ1v) is 23.8. The van der Waals surface area contributed by atoms with E-state index < -0.39 is 139 Å². The maximum atomic E-state index is 14.4. The van der Waals surface area contributed by atoms with Gasteiger partial charge in [0.1, 0.15) is 48.0 Å². The summed E-state index contributed by atoms with van der Waals surface area (Å²) < 4.78 is 0. The van der Waals surface area contributed by atoms with Crippen molar-refractivity contribution in [3.63, 3.8) is 0 Å². The van der Waals surface area contributed by atoms with Gasteiger partial charge in [0.15, 0.2) is 0 Å². The van der Waals surface area contributed by atoms with Crippen LogP contribution in [0.2, 0.25) is 0 Å². The molecule has 0 spiro atoms. The summed E-state index contributed by atoms with van der Waals surface area (Å²) in [7, 11) is 1.98. The number of aromatic hydroxyl groups is 1. The topological polar surface area (TPSA) is 420 Å². The summed E-state index contributed by atoms with van der Waals surface area (Å²) in [6.07, 6.45) is -0.817. The highest BCUT2D eigenvalue weighted by molar-refractivity contribution is 8.76. The number of amides is 11. The molecule has 2 aliphatic rings. The molecule has 27 heteroatoms. The lowest BCUT2D eigenvalue weighted by Crippen LogP contribution is -2.62. The van der Waals surface area contributed by atoms with Crippen molar-refractivity contribution in [1.82, 2.24) is 42.1 Å². The summed E-state index contributed by atoms with van der Waals surface area (Å²) in [5.41, 5.74) is 22.6.